The minimum Gasteiger partial charge on any atom is -0.481 e. The van der Waals surface area contributed by atoms with Crippen LogP contribution in [0.1, 0.15) is 25.7 Å². The molecule has 3 N–H and O–H groups in total. The average molecular weight is 315 g/mol. The molecule has 0 radical (unpaired) electrons. The van der Waals surface area contributed by atoms with Gasteiger partial charge in [0.1, 0.15) is 5.82 Å². The Bertz CT molecular complexity index is 533. The van der Waals surface area contributed by atoms with Crippen LogP contribution in [-0.2, 0) is 4.79 Å². The summed E-state index contributed by atoms with van der Waals surface area (Å²) in [5.41, 5.74) is -0.112. The van der Waals surface area contributed by atoms with Gasteiger partial charge in [-0.25, -0.2) is 9.18 Å². The smallest absolute Gasteiger partial charge is 0.319 e. The number of anilines is 1. The number of hydrogen-bond acceptors (Lipinski definition) is 2. The molecule has 114 valence electrons. The summed E-state index contributed by atoms with van der Waals surface area (Å²) in [6, 6.07) is 2.97. The number of carbonyl (C=O) groups excluding carboxylic acids is 1. The summed E-state index contributed by atoms with van der Waals surface area (Å²) in [5, 5.41) is 14.2. The fourth-order valence-electron chi connectivity index (χ4n) is 2.53. The van der Waals surface area contributed by atoms with Crippen LogP contribution < -0.4 is 10.6 Å². The van der Waals surface area contributed by atoms with E-state index in [4.69, 9.17) is 16.7 Å². The highest BCUT2D eigenvalue weighted by Crippen LogP contribution is 2.26. The van der Waals surface area contributed by atoms with Crippen LogP contribution in [0.2, 0.25) is 5.02 Å². The summed E-state index contributed by atoms with van der Waals surface area (Å²) in [6.07, 6.45) is 2.81. The van der Waals surface area contributed by atoms with Crippen molar-refractivity contribution in [2.24, 2.45) is 5.92 Å². The van der Waals surface area contributed by atoms with Gasteiger partial charge in [-0.05, 0) is 25.0 Å². The number of para-hydroxylation sites is 1. The third kappa shape index (κ3) is 3.85. The number of urea groups is 1. The highest BCUT2D eigenvalue weighted by atomic mass is 35.5. The molecule has 2 rings (SSSR count). The molecule has 2 amide bonds. The Morgan fingerprint density at radius 1 is 1.29 bits per heavy atom. The number of carboxylic acid groups (broad SMARTS) is 1. The van der Waals surface area contributed by atoms with Crippen LogP contribution in [-0.4, -0.2) is 23.1 Å². The Morgan fingerprint density at radius 2 is 2.00 bits per heavy atom. The molecule has 0 spiro atoms. The highest BCUT2D eigenvalue weighted by molar-refractivity contribution is 6.33. The van der Waals surface area contributed by atoms with Crippen molar-refractivity contribution in [1.29, 1.82) is 0 Å². The maximum Gasteiger partial charge on any atom is 0.319 e. The molecule has 1 aliphatic carbocycles. The number of amides is 2. The molecule has 1 fully saturated rings. The second kappa shape index (κ2) is 6.76. The molecule has 2 unspecified atom stereocenters. The van der Waals surface area contributed by atoms with Gasteiger partial charge in [0.15, 0.2) is 0 Å². The van der Waals surface area contributed by atoms with Gasteiger partial charge < -0.3 is 15.7 Å². The maximum atomic E-state index is 13.6. The van der Waals surface area contributed by atoms with E-state index in [1.54, 1.807) is 0 Å². The molecule has 5 nitrogen and oxygen atoms in total. The molecule has 1 aliphatic rings. The van der Waals surface area contributed by atoms with Crippen molar-refractivity contribution < 1.29 is 19.1 Å². The van der Waals surface area contributed by atoms with E-state index in [9.17, 15) is 14.0 Å². The number of halogens is 2. The third-order valence-electron chi connectivity index (χ3n) is 3.60. The lowest BCUT2D eigenvalue weighted by atomic mass is 9.84. The second-order valence-corrected chi connectivity index (χ2v) is 5.44. The van der Waals surface area contributed by atoms with E-state index in [1.165, 1.54) is 18.2 Å². The van der Waals surface area contributed by atoms with E-state index < -0.39 is 29.8 Å². The molecule has 0 bridgehead atoms. The lowest BCUT2D eigenvalue weighted by Gasteiger charge is -2.29. The number of carbonyl (C=O) groups is 2. The van der Waals surface area contributed by atoms with Gasteiger partial charge >= 0.3 is 12.0 Å². The van der Waals surface area contributed by atoms with Gasteiger partial charge in [0.05, 0.1) is 16.6 Å². The molecule has 2 atom stereocenters. The van der Waals surface area contributed by atoms with Crippen LogP contribution in [0.3, 0.4) is 0 Å². The summed E-state index contributed by atoms with van der Waals surface area (Å²) in [6.45, 7) is 0. The predicted octanol–water partition coefficient (Wildman–Crippen LogP) is 3.24. The molecular formula is C14H16ClFN2O3. The van der Waals surface area contributed by atoms with Gasteiger partial charge in [0.25, 0.3) is 0 Å². The zero-order valence-corrected chi connectivity index (χ0v) is 12.0. The molecule has 0 saturated heterocycles. The summed E-state index contributed by atoms with van der Waals surface area (Å²) in [5.74, 6) is -2.18. The molecular weight excluding hydrogens is 299 g/mol. The fraction of sp³-hybridized carbons (Fsp3) is 0.429. The average Bonchev–Trinajstić information content (AvgIpc) is 2.43. The number of hydrogen-bond donors (Lipinski definition) is 3. The Labute approximate surface area is 126 Å². The zero-order valence-electron chi connectivity index (χ0n) is 11.2. The minimum atomic E-state index is -0.927. The summed E-state index contributed by atoms with van der Waals surface area (Å²) in [4.78, 5) is 23.1. The highest BCUT2D eigenvalue weighted by Gasteiger charge is 2.31. The van der Waals surface area contributed by atoms with Crippen molar-refractivity contribution in [2.45, 2.75) is 31.7 Å². The second-order valence-electron chi connectivity index (χ2n) is 5.03. The Morgan fingerprint density at radius 3 is 2.67 bits per heavy atom. The molecule has 1 saturated carbocycles. The first kappa shape index (κ1) is 15.6. The molecule has 0 aliphatic heterocycles. The van der Waals surface area contributed by atoms with Gasteiger partial charge in [-0.15, -0.1) is 0 Å². The topological polar surface area (TPSA) is 78.4 Å². The van der Waals surface area contributed by atoms with Crippen molar-refractivity contribution in [3.05, 3.63) is 29.0 Å². The van der Waals surface area contributed by atoms with Gasteiger partial charge in [0.2, 0.25) is 0 Å². The van der Waals surface area contributed by atoms with Gasteiger partial charge in [-0.1, -0.05) is 30.5 Å². The molecule has 1 aromatic rings. The fourth-order valence-corrected chi connectivity index (χ4v) is 2.74. The van der Waals surface area contributed by atoms with Crippen LogP contribution in [0.15, 0.2) is 18.2 Å². The predicted molar refractivity (Wildman–Crippen MR) is 76.9 cm³/mol. The van der Waals surface area contributed by atoms with Gasteiger partial charge in [-0.2, -0.15) is 0 Å². The van der Waals surface area contributed by atoms with Gasteiger partial charge in [-0.3, -0.25) is 4.79 Å². The van der Waals surface area contributed by atoms with E-state index in [0.717, 1.165) is 12.8 Å². The number of benzene rings is 1. The number of carboxylic acids is 1. The Balaban J connectivity index is 2.02. The van der Waals surface area contributed by atoms with Crippen molar-refractivity contribution >= 4 is 29.3 Å². The standard InChI is InChI=1S/C14H16ClFN2O3/c15-9-5-3-6-10(16)12(9)18-14(21)17-11-7-2-1-4-8(11)13(19)20/h3,5-6,8,11H,1-2,4,7H2,(H,19,20)(H2,17,18,21). The summed E-state index contributed by atoms with van der Waals surface area (Å²) < 4.78 is 13.6. The summed E-state index contributed by atoms with van der Waals surface area (Å²) >= 11 is 5.82. The monoisotopic (exact) mass is 314 g/mol. The zero-order chi connectivity index (χ0) is 15.4. The normalized spacial score (nSPS) is 21.6. The minimum absolute atomic E-state index is 0.0866. The lowest BCUT2D eigenvalue weighted by Crippen LogP contribution is -2.46. The molecule has 21 heavy (non-hydrogen) atoms. The Hall–Kier alpha value is -1.82. The molecule has 7 heteroatoms. The van der Waals surface area contributed by atoms with Crippen LogP contribution >= 0.6 is 11.6 Å². The molecule has 0 heterocycles. The quantitative estimate of drug-likeness (QED) is 0.801. The van der Waals surface area contributed by atoms with E-state index in [1.807, 2.05) is 0 Å². The SMILES string of the molecule is O=C(Nc1c(F)cccc1Cl)NC1CCCCC1C(=O)O. The van der Waals surface area contributed by atoms with Crippen molar-refractivity contribution in [2.75, 3.05) is 5.32 Å². The number of nitrogens with one attached hydrogen (secondary N) is 2. The van der Waals surface area contributed by atoms with E-state index in [-0.39, 0.29) is 10.7 Å². The molecule has 0 aromatic heterocycles. The van der Waals surface area contributed by atoms with Crippen molar-refractivity contribution in [1.82, 2.24) is 5.32 Å². The third-order valence-corrected chi connectivity index (χ3v) is 3.92. The van der Waals surface area contributed by atoms with Gasteiger partial charge in [0, 0.05) is 6.04 Å². The van der Waals surface area contributed by atoms with Crippen LogP contribution in [0.25, 0.3) is 0 Å². The van der Waals surface area contributed by atoms with E-state index in [0.29, 0.717) is 12.8 Å². The summed E-state index contributed by atoms with van der Waals surface area (Å²) in [7, 11) is 0. The first-order valence-electron chi connectivity index (χ1n) is 6.73. The lowest BCUT2D eigenvalue weighted by molar-refractivity contribution is -0.143. The Kier molecular flexibility index (Phi) is 5.01. The maximum absolute atomic E-state index is 13.6. The largest absolute Gasteiger partial charge is 0.481 e. The van der Waals surface area contributed by atoms with Crippen LogP contribution in [0, 0.1) is 11.7 Å². The van der Waals surface area contributed by atoms with Crippen molar-refractivity contribution in [3.63, 3.8) is 0 Å². The van der Waals surface area contributed by atoms with Crippen LogP contribution in [0.5, 0.6) is 0 Å². The van der Waals surface area contributed by atoms with E-state index >= 15 is 0 Å². The molecule has 1 aromatic carbocycles. The van der Waals surface area contributed by atoms with Crippen LogP contribution in [0.4, 0.5) is 14.9 Å². The first-order valence-corrected chi connectivity index (χ1v) is 7.11. The number of rotatable bonds is 3. The van der Waals surface area contributed by atoms with E-state index in [2.05, 4.69) is 10.6 Å². The van der Waals surface area contributed by atoms with Crippen molar-refractivity contribution in [3.8, 4) is 0 Å². The number of aliphatic carboxylic acids is 1. The first-order chi connectivity index (χ1) is 9.99.